The van der Waals surface area contributed by atoms with E-state index >= 15 is 0 Å². The number of hydrogen-bond donors (Lipinski definition) is 3. The van der Waals surface area contributed by atoms with Crippen LogP contribution in [0.25, 0.3) is 11.4 Å². The van der Waals surface area contributed by atoms with Gasteiger partial charge in [-0.3, -0.25) is 14.9 Å². The summed E-state index contributed by atoms with van der Waals surface area (Å²) in [6, 6.07) is 8.90. The molecule has 3 aromatic rings. The number of anilines is 1. The van der Waals surface area contributed by atoms with Gasteiger partial charge in [-0.25, -0.2) is 0 Å². The fraction of sp³-hybridized carbons (Fsp3) is 0.167. The number of H-pyrrole nitrogens is 1. The number of nitrogens with zero attached hydrogens (tertiary/aromatic N) is 2. The molecular weight excluding hydrogens is 356 g/mol. The first kappa shape index (κ1) is 16.4. The van der Waals surface area contributed by atoms with E-state index in [1.165, 1.54) is 7.11 Å². The molecule has 3 N–H and O–H groups in total. The molecule has 1 aliphatic rings. The maximum Gasteiger partial charge on any atom is 0.226 e. The van der Waals surface area contributed by atoms with Gasteiger partial charge in [0.25, 0.3) is 0 Å². The predicted octanol–water partition coefficient (Wildman–Crippen LogP) is 3.31. The molecule has 3 heterocycles. The lowest BCUT2D eigenvalue weighted by atomic mass is 9.85. The van der Waals surface area contributed by atoms with Crippen molar-refractivity contribution < 1.29 is 14.6 Å². The van der Waals surface area contributed by atoms with Gasteiger partial charge in [0.2, 0.25) is 5.91 Å². The van der Waals surface area contributed by atoms with Crippen molar-refractivity contribution in [3.05, 3.63) is 52.7 Å². The molecule has 4 rings (SSSR count). The van der Waals surface area contributed by atoms with Gasteiger partial charge in [0.15, 0.2) is 17.3 Å². The van der Waals surface area contributed by atoms with E-state index in [1.54, 1.807) is 18.3 Å². The Balaban J connectivity index is 1.89. The quantitative estimate of drug-likeness (QED) is 0.656. The van der Waals surface area contributed by atoms with Crippen LogP contribution in [0.5, 0.6) is 11.5 Å². The zero-order valence-corrected chi connectivity index (χ0v) is 14.5. The number of hydrogen-bond acceptors (Lipinski definition) is 5. The number of carbonyl (C=O) groups is 1. The second-order valence-corrected chi connectivity index (χ2v) is 6.34. The van der Waals surface area contributed by atoms with Crippen LogP contribution in [0, 0.1) is 0 Å². The highest BCUT2D eigenvalue weighted by Crippen LogP contribution is 2.45. The monoisotopic (exact) mass is 370 g/mol. The minimum absolute atomic E-state index is 0.129. The number of amides is 1. The topological polar surface area (TPSA) is 100 Å². The first-order valence-corrected chi connectivity index (χ1v) is 8.32. The fourth-order valence-corrected chi connectivity index (χ4v) is 3.42. The zero-order valence-electron chi connectivity index (χ0n) is 13.8. The van der Waals surface area contributed by atoms with Crippen LogP contribution in [0.4, 0.5) is 5.82 Å². The summed E-state index contributed by atoms with van der Waals surface area (Å²) >= 11 is 6.14. The van der Waals surface area contributed by atoms with Gasteiger partial charge in [-0.15, -0.1) is 0 Å². The van der Waals surface area contributed by atoms with E-state index in [0.29, 0.717) is 5.82 Å². The van der Waals surface area contributed by atoms with E-state index in [0.717, 1.165) is 22.5 Å². The van der Waals surface area contributed by atoms with Crippen LogP contribution in [-0.2, 0) is 4.79 Å². The SMILES string of the molecule is COc1cc(C2CC(=O)Nc3n[nH]c(-c4ccccn4)c32)cc(Cl)c1O. The van der Waals surface area contributed by atoms with Crippen LogP contribution >= 0.6 is 11.6 Å². The number of pyridine rings is 1. The highest BCUT2D eigenvalue weighted by atomic mass is 35.5. The lowest BCUT2D eigenvalue weighted by molar-refractivity contribution is -0.116. The molecule has 1 aliphatic heterocycles. The van der Waals surface area contributed by atoms with Crippen molar-refractivity contribution >= 4 is 23.3 Å². The molecule has 1 atom stereocenters. The number of aromatic amines is 1. The van der Waals surface area contributed by atoms with Crippen LogP contribution in [-0.4, -0.2) is 33.3 Å². The Labute approximate surface area is 154 Å². The number of rotatable bonds is 3. The maximum atomic E-state index is 12.2. The van der Waals surface area contributed by atoms with Gasteiger partial charge in [0.05, 0.1) is 23.5 Å². The van der Waals surface area contributed by atoms with Crippen molar-refractivity contribution in [1.29, 1.82) is 0 Å². The Kier molecular flexibility index (Phi) is 4.00. The summed E-state index contributed by atoms with van der Waals surface area (Å²) in [5.74, 6) is 0.139. The third kappa shape index (κ3) is 2.66. The number of methoxy groups -OCH3 is 1. The number of phenolic OH excluding ortho intramolecular Hbond substituents is 1. The van der Waals surface area contributed by atoms with Crippen LogP contribution < -0.4 is 10.1 Å². The Morgan fingerprint density at radius 3 is 2.92 bits per heavy atom. The second-order valence-electron chi connectivity index (χ2n) is 5.93. The number of phenols is 1. The minimum Gasteiger partial charge on any atom is -0.503 e. The average molecular weight is 371 g/mol. The molecule has 1 aromatic carbocycles. The Morgan fingerprint density at radius 2 is 2.19 bits per heavy atom. The third-order valence-corrected chi connectivity index (χ3v) is 4.68. The van der Waals surface area contributed by atoms with E-state index in [4.69, 9.17) is 16.3 Å². The van der Waals surface area contributed by atoms with Crippen molar-refractivity contribution in [3.8, 4) is 22.9 Å². The molecular formula is C18H15ClN4O3. The number of fused-ring (bicyclic) bond motifs is 1. The van der Waals surface area contributed by atoms with E-state index in [1.807, 2.05) is 18.2 Å². The molecule has 1 amide bonds. The smallest absolute Gasteiger partial charge is 0.226 e. The standard InChI is InChI=1S/C18H15ClN4O3/c1-26-13-7-9(6-11(19)17(13)25)10-8-14(24)21-18-15(10)16(22-23-18)12-4-2-3-5-20-12/h2-7,10,25H,8H2,1H3,(H2,21,22,23,24). The largest absolute Gasteiger partial charge is 0.503 e. The molecule has 0 spiro atoms. The summed E-state index contributed by atoms with van der Waals surface area (Å²) in [4.78, 5) is 16.5. The molecule has 0 aliphatic carbocycles. The van der Waals surface area contributed by atoms with Gasteiger partial charge in [0.1, 0.15) is 0 Å². The molecule has 26 heavy (non-hydrogen) atoms. The maximum absolute atomic E-state index is 12.2. The lowest BCUT2D eigenvalue weighted by Gasteiger charge is -2.24. The molecule has 0 radical (unpaired) electrons. The highest BCUT2D eigenvalue weighted by Gasteiger charge is 2.33. The van der Waals surface area contributed by atoms with E-state index < -0.39 is 0 Å². The molecule has 0 bridgehead atoms. The normalized spacial score (nSPS) is 16.1. The highest BCUT2D eigenvalue weighted by molar-refractivity contribution is 6.32. The average Bonchev–Trinajstić information content (AvgIpc) is 3.07. The molecule has 1 unspecified atom stereocenters. The molecule has 8 heteroatoms. The van der Waals surface area contributed by atoms with Gasteiger partial charge >= 0.3 is 0 Å². The van der Waals surface area contributed by atoms with Gasteiger partial charge in [-0.1, -0.05) is 17.7 Å². The summed E-state index contributed by atoms with van der Waals surface area (Å²) in [5.41, 5.74) is 3.03. The summed E-state index contributed by atoms with van der Waals surface area (Å²) in [5, 5.41) is 20.1. The van der Waals surface area contributed by atoms with Crippen LogP contribution in [0.15, 0.2) is 36.5 Å². The number of nitrogens with one attached hydrogen (secondary N) is 2. The first-order valence-electron chi connectivity index (χ1n) is 7.94. The molecule has 2 aromatic heterocycles. The molecule has 0 fully saturated rings. The van der Waals surface area contributed by atoms with Gasteiger partial charge in [-0.2, -0.15) is 5.10 Å². The number of ether oxygens (including phenoxy) is 1. The Morgan fingerprint density at radius 1 is 1.35 bits per heavy atom. The zero-order chi connectivity index (χ0) is 18.3. The first-order chi connectivity index (χ1) is 12.6. The van der Waals surface area contributed by atoms with Gasteiger partial charge in [-0.05, 0) is 29.8 Å². The van der Waals surface area contributed by atoms with Crippen molar-refractivity contribution in [2.75, 3.05) is 12.4 Å². The second kappa shape index (κ2) is 6.34. The molecule has 0 saturated heterocycles. The fourth-order valence-electron chi connectivity index (χ4n) is 3.20. The van der Waals surface area contributed by atoms with Crippen LogP contribution in [0.3, 0.4) is 0 Å². The number of aromatic nitrogens is 3. The lowest BCUT2D eigenvalue weighted by Crippen LogP contribution is -2.23. The Bertz CT molecular complexity index is 988. The molecule has 132 valence electrons. The van der Waals surface area contributed by atoms with Crippen LogP contribution in [0.1, 0.15) is 23.5 Å². The molecule has 7 nitrogen and oxygen atoms in total. The van der Waals surface area contributed by atoms with Crippen LogP contribution in [0.2, 0.25) is 5.02 Å². The van der Waals surface area contributed by atoms with Crippen molar-refractivity contribution in [2.24, 2.45) is 0 Å². The third-order valence-electron chi connectivity index (χ3n) is 4.39. The molecule has 0 saturated carbocycles. The summed E-state index contributed by atoms with van der Waals surface area (Å²) in [7, 11) is 1.45. The van der Waals surface area contributed by atoms with E-state index in [2.05, 4.69) is 20.5 Å². The van der Waals surface area contributed by atoms with Crippen molar-refractivity contribution in [3.63, 3.8) is 0 Å². The summed E-state index contributed by atoms with van der Waals surface area (Å²) in [6.45, 7) is 0. The summed E-state index contributed by atoms with van der Waals surface area (Å²) in [6.07, 6.45) is 1.91. The summed E-state index contributed by atoms with van der Waals surface area (Å²) < 4.78 is 5.20. The predicted molar refractivity (Wildman–Crippen MR) is 96.6 cm³/mol. The number of halogens is 1. The number of carbonyl (C=O) groups excluding carboxylic acids is 1. The van der Waals surface area contributed by atoms with Gasteiger partial charge in [0, 0.05) is 24.1 Å². The van der Waals surface area contributed by atoms with Crippen molar-refractivity contribution in [1.82, 2.24) is 15.2 Å². The Hall–Kier alpha value is -3.06. The number of benzene rings is 1. The van der Waals surface area contributed by atoms with Gasteiger partial charge < -0.3 is 15.2 Å². The van der Waals surface area contributed by atoms with E-state index in [-0.39, 0.29) is 34.8 Å². The van der Waals surface area contributed by atoms with E-state index in [9.17, 15) is 9.90 Å². The van der Waals surface area contributed by atoms with Crippen molar-refractivity contribution in [2.45, 2.75) is 12.3 Å². The minimum atomic E-state index is -0.304. The number of aromatic hydroxyl groups is 1.